The van der Waals surface area contributed by atoms with Gasteiger partial charge in [0.05, 0.1) is 17.3 Å². The van der Waals surface area contributed by atoms with Crippen LogP contribution in [0.3, 0.4) is 0 Å². The van der Waals surface area contributed by atoms with Gasteiger partial charge in [-0.15, -0.1) is 0 Å². The Morgan fingerprint density at radius 2 is 2.32 bits per heavy atom. The first-order chi connectivity index (χ1) is 8.97. The quantitative estimate of drug-likeness (QED) is 0.824. The minimum Gasteiger partial charge on any atom is -0.324 e. The molecular formula is C16H20N2O. The number of rotatable bonds is 2. The smallest absolute Gasteiger partial charge is 0.234 e. The number of amides is 1. The molecule has 1 N–H and O–H groups in total. The first kappa shape index (κ1) is 12.4. The van der Waals surface area contributed by atoms with Crippen LogP contribution in [0.5, 0.6) is 0 Å². The summed E-state index contributed by atoms with van der Waals surface area (Å²) in [6.07, 6.45) is 6.41. The molecule has 0 aromatic carbocycles. The van der Waals surface area contributed by atoms with E-state index in [-0.39, 0.29) is 16.7 Å². The summed E-state index contributed by atoms with van der Waals surface area (Å²) in [5.74, 6) is 0.693. The van der Waals surface area contributed by atoms with Gasteiger partial charge in [-0.2, -0.15) is 0 Å². The highest BCUT2D eigenvalue weighted by atomic mass is 16.2. The topological polar surface area (TPSA) is 42.0 Å². The minimum atomic E-state index is -0.357. The van der Waals surface area contributed by atoms with Gasteiger partial charge in [0.2, 0.25) is 5.91 Å². The van der Waals surface area contributed by atoms with Crippen molar-refractivity contribution in [1.29, 1.82) is 0 Å². The van der Waals surface area contributed by atoms with Crippen molar-refractivity contribution in [3.63, 3.8) is 0 Å². The fourth-order valence-electron chi connectivity index (χ4n) is 3.83. The van der Waals surface area contributed by atoms with Gasteiger partial charge in [0.1, 0.15) is 0 Å². The van der Waals surface area contributed by atoms with Crippen LogP contribution in [0.2, 0.25) is 0 Å². The Balaban J connectivity index is 1.86. The van der Waals surface area contributed by atoms with Crippen LogP contribution in [0.15, 0.2) is 36.7 Å². The lowest BCUT2D eigenvalue weighted by Gasteiger charge is -2.37. The molecule has 0 aliphatic heterocycles. The van der Waals surface area contributed by atoms with Gasteiger partial charge in [0.15, 0.2) is 0 Å². The van der Waals surface area contributed by atoms with Gasteiger partial charge in [-0.1, -0.05) is 26.0 Å². The molecule has 2 aliphatic rings. The van der Waals surface area contributed by atoms with Gasteiger partial charge in [0.25, 0.3) is 0 Å². The van der Waals surface area contributed by atoms with Gasteiger partial charge < -0.3 is 5.32 Å². The van der Waals surface area contributed by atoms with Gasteiger partial charge in [-0.25, -0.2) is 0 Å². The molecule has 0 unspecified atom stereocenters. The van der Waals surface area contributed by atoms with Crippen LogP contribution in [0.1, 0.15) is 33.1 Å². The van der Waals surface area contributed by atoms with E-state index in [9.17, 15) is 4.79 Å². The van der Waals surface area contributed by atoms with E-state index in [1.807, 2.05) is 12.1 Å². The molecule has 0 saturated heterocycles. The standard InChI is InChI=1S/C16H20N2O/c1-11-15(2,3)12-6-7-16(11,9-12)14(19)18-13-5-4-8-17-10-13/h4-5,8,10,12H,1,6-7,9H2,2-3H3,(H,18,19)/t12-,16-/m1/s1. The Kier molecular flexibility index (Phi) is 2.56. The van der Waals surface area contributed by atoms with E-state index in [0.717, 1.165) is 30.5 Å². The van der Waals surface area contributed by atoms with Gasteiger partial charge in [-0.05, 0) is 42.7 Å². The van der Waals surface area contributed by atoms with Gasteiger partial charge in [-0.3, -0.25) is 9.78 Å². The molecule has 1 aromatic rings. The van der Waals surface area contributed by atoms with E-state index in [1.165, 1.54) is 0 Å². The summed E-state index contributed by atoms with van der Waals surface area (Å²) in [7, 11) is 0. The van der Waals surface area contributed by atoms with Crippen molar-refractivity contribution in [2.45, 2.75) is 33.1 Å². The maximum absolute atomic E-state index is 12.7. The summed E-state index contributed by atoms with van der Waals surface area (Å²) in [4.78, 5) is 16.7. The molecule has 0 spiro atoms. The van der Waals surface area contributed by atoms with Crippen LogP contribution in [-0.4, -0.2) is 10.9 Å². The predicted molar refractivity (Wildman–Crippen MR) is 75.6 cm³/mol. The summed E-state index contributed by atoms with van der Waals surface area (Å²) < 4.78 is 0. The Bertz CT molecular complexity index is 535. The third-order valence-corrected chi connectivity index (χ3v) is 5.24. The predicted octanol–water partition coefficient (Wildman–Crippen LogP) is 3.40. The molecule has 100 valence electrons. The van der Waals surface area contributed by atoms with E-state index < -0.39 is 0 Å². The van der Waals surface area contributed by atoms with E-state index >= 15 is 0 Å². The largest absolute Gasteiger partial charge is 0.324 e. The van der Waals surface area contributed by atoms with Gasteiger partial charge in [0, 0.05) is 6.20 Å². The summed E-state index contributed by atoms with van der Waals surface area (Å²) in [6, 6.07) is 3.70. The zero-order valence-electron chi connectivity index (χ0n) is 11.6. The van der Waals surface area contributed by atoms with Crippen LogP contribution in [0, 0.1) is 16.7 Å². The summed E-state index contributed by atoms with van der Waals surface area (Å²) in [6.45, 7) is 8.69. The monoisotopic (exact) mass is 256 g/mol. The number of carbonyl (C=O) groups excluding carboxylic acids is 1. The molecule has 3 rings (SSSR count). The highest BCUT2D eigenvalue weighted by Crippen LogP contribution is 2.65. The van der Waals surface area contributed by atoms with Crippen molar-refractivity contribution in [3.8, 4) is 0 Å². The molecule has 2 saturated carbocycles. The number of nitrogens with one attached hydrogen (secondary N) is 1. The first-order valence-electron chi connectivity index (χ1n) is 6.88. The first-order valence-corrected chi connectivity index (χ1v) is 6.88. The average Bonchev–Trinajstić information content (AvgIpc) is 2.91. The molecule has 19 heavy (non-hydrogen) atoms. The molecule has 3 nitrogen and oxygen atoms in total. The van der Waals surface area contributed by atoms with Crippen molar-refractivity contribution in [3.05, 3.63) is 36.7 Å². The van der Waals surface area contributed by atoms with Crippen molar-refractivity contribution in [2.75, 3.05) is 5.32 Å². The Morgan fingerprint density at radius 1 is 1.53 bits per heavy atom. The van der Waals surface area contributed by atoms with Crippen molar-refractivity contribution >= 4 is 11.6 Å². The van der Waals surface area contributed by atoms with Crippen molar-refractivity contribution in [1.82, 2.24) is 4.98 Å². The van der Waals surface area contributed by atoms with E-state index in [1.54, 1.807) is 12.4 Å². The normalized spacial score (nSPS) is 31.5. The molecule has 3 heteroatoms. The van der Waals surface area contributed by atoms with E-state index in [2.05, 4.69) is 30.7 Å². The minimum absolute atomic E-state index is 0.0878. The highest BCUT2D eigenvalue weighted by molar-refractivity contribution is 5.98. The maximum Gasteiger partial charge on any atom is 0.234 e. The average molecular weight is 256 g/mol. The summed E-state index contributed by atoms with van der Waals surface area (Å²) in [5.41, 5.74) is 1.61. The van der Waals surface area contributed by atoms with Crippen LogP contribution in [-0.2, 0) is 4.79 Å². The zero-order valence-corrected chi connectivity index (χ0v) is 11.6. The molecule has 1 amide bonds. The molecule has 2 aliphatic carbocycles. The van der Waals surface area contributed by atoms with Crippen molar-refractivity contribution < 1.29 is 4.79 Å². The lowest BCUT2D eigenvalue weighted by Crippen LogP contribution is -2.37. The van der Waals surface area contributed by atoms with Crippen LogP contribution < -0.4 is 5.32 Å². The molecule has 0 radical (unpaired) electrons. The number of fused-ring (bicyclic) bond motifs is 2. The number of hydrogen-bond acceptors (Lipinski definition) is 2. The Hall–Kier alpha value is -1.64. The second-order valence-electron chi connectivity index (χ2n) is 6.42. The lowest BCUT2D eigenvalue weighted by molar-refractivity contribution is -0.123. The third kappa shape index (κ3) is 1.64. The number of pyridine rings is 1. The summed E-state index contributed by atoms with van der Waals surface area (Å²) in [5, 5.41) is 3.01. The maximum atomic E-state index is 12.7. The number of aromatic nitrogens is 1. The fraction of sp³-hybridized carbons (Fsp3) is 0.500. The number of carbonyl (C=O) groups is 1. The number of hydrogen-bond donors (Lipinski definition) is 1. The van der Waals surface area contributed by atoms with Crippen LogP contribution in [0.4, 0.5) is 5.69 Å². The number of nitrogens with zero attached hydrogens (tertiary/aromatic N) is 1. The van der Waals surface area contributed by atoms with E-state index in [4.69, 9.17) is 0 Å². The zero-order chi connectivity index (χ0) is 13.7. The third-order valence-electron chi connectivity index (χ3n) is 5.24. The van der Waals surface area contributed by atoms with E-state index in [0.29, 0.717) is 5.92 Å². The Morgan fingerprint density at radius 3 is 2.89 bits per heavy atom. The lowest BCUT2D eigenvalue weighted by atomic mass is 9.68. The molecule has 1 heterocycles. The SMILES string of the molecule is C=C1C(C)(C)[C@@H]2CC[C@@]1(C(=O)Nc1cccnc1)C2. The second kappa shape index (κ2) is 3.92. The molecule has 2 atom stereocenters. The fourth-order valence-corrected chi connectivity index (χ4v) is 3.83. The second-order valence-corrected chi connectivity index (χ2v) is 6.42. The van der Waals surface area contributed by atoms with Gasteiger partial charge >= 0.3 is 0 Å². The van der Waals surface area contributed by atoms with Crippen molar-refractivity contribution in [2.24, 2.45) is 16.7 Å². The van der Waals surface area contributed by atoms with Crippen LogP contribution >= 0.6 is 0 Å². The molecule has 2 fully saturated rings. The Labute approximate surface area is 114 Å². The molecule has 1 aromatic heterocycles. The molecular weight excluding hydrogens is 236 g/mol. The van der Waals surface area contributed by atoms with Crippen LogP contribution in [0.25, 0.3) is 0 Å². The highest BCUT2D eigenvalue weighted by Gasteiger charge is 2.60. The molecule has 2 bridgehead atoms. The number of anilines is 1. The summed E-state index contributed by atoms with van der Waals surface area (Å²) >= 11 is 0.